The average Bonchev–Trinajstić information content (AvgIpc) is 2.73. The van der Waals surface area contributed by atoms with E-state index >= 15 is 0 Å². The summed E-state index contributed by atoms with van der Waals surface area (Å²) in [6.45, 7) is 6.21. The number of halogens is 1. The van der Waals surface area contributed by atoms with Crippen LogP contribution in [0.15, 0.2) is 24.3 Å². The summed E-state index contributed by atoms with van der Waals surface area (Å²) in [6.07, 6.45) is 6.19. The first-order chi connectivity index (χ1) is 10.1. The number of Topliss-reactive ketones (excluding diaryl/α,β-unsaturated/α-hetero) is 1. The Morgan fingerprint density at radius 1 is 1.29 bits per heavy atom. The number of likely N-dealkylation sites (tertiary alicyclic amines) is 1. The summed E-state index contributed by atoms with van der Waals surface area (Å²) < 4.78 is 13.0. The molecule has 21 heavy (non-hydrogen) atoms. The number of carbonyl (C=O) groups is 1. The highest BCUT2D eigenvalue weighted by atomic mass is 19.1. The van der Waals surface area contributed by atoms with Gasteiger partial charge in [-0.15, -0.1) is 0 Å². The first-order valence-electron chi connectivity index (χ1n) is 8.15. The molecule has 1 fully saturated rings. The van der Waals surface area contributed by atoms with Gasteiger partial charge in [0.15, 0.2) is 5.78 Å². The maximum Gasteiger partial charge on any atom is 0.179 e. The normalized spacial score (nSPS) is 21.8. The van der Waals surface area contributed by atoms with Crippen LogP contribution in [0.4, 0.5) is 4.39 Å². The molecule has 0 amide bonds. The zero-order valence-corrected chi connectivity index (χ0v) is 13.1. The van der Waals surface area contributed by atoms with Crippen LogP contribution in [-0.2, 0) is 0 Å². The molecule has 2 nitrogen and oxygen atoms in total. The molecule has 1 aromatic rings. The molecular formula is C18H26FNO. The van der Waals surface area contributed by atoms with E-state index in [1.807, 2.05) is 6.92 Å². The zero-order chi connectivity index (χ0) is 15.2. The molecule has 0 bridgehead atoms. The van der Waals surface area contributed by atoms with Gasteiger partial charge in [-0.2, -0.15) is 0 Å². The molecular weight excluding hydrogens is 265 g/mol. The quantitative estimate of drug-likeness (QED) is 0.754. The summed E-state index contributed by atoms with van der Waals surface area (Å²) in [6, 6.07) is 5.78. The fourth-order valence-corrected chi connectivity index (χ4v) is 3.29. The predicted octanol–water partition coefficient (Wildman–Crippen LogP) is 4.30. The number of rotatable bonds is 5. The fourth-order valence-electron chi connectivity index (χ4n) is 3.29. The van der Waals surface area contributed by atoms with Crippen LogP contribution in [0.2, 0.25) is 0 Å². The molecule has 0 aromatic heterocycles. The summed E-state index contributed by atoms with van der Waals surface area (Å²) in [7, 11) is 0. The SMILES string of the molecule is CCCC1CCCN(C(C)C(=O)c2ccc(F)cc2)CC1. The van der Waals surface area contributed by atoms with Crippen LogP contribution < -0.4 is 0 Å². The minimum absolute atomic E-state index is 0.101. The highest BCUT2D eigenvalue weighted by Crippen LogP contribution is 2.23. The van der Waals surface area contributed by atoms with Gasteiger partial charge in [0, 0.05) is 5.56 Å². The molecule has 1 heterocycles. The molecule has 1 aliphatic heterocycles. The molecule has 2 rings (SSSR count). The van der Waals surface area contributed by atoms with E-state index in [1.54, 1.807) is 12.1 Å². The molecule has 0 N–H and O–H groups in total. The molecule has 1 aliphatic rings. The second-order valence-corrected chi connectivity index (χ2v) is 6.17. The van der Waals surface area contributed by atoms with Gasteiger partial charge in [-0.25, -0.2) is 4.39 Å². The van der Waals surface area contributed by atoms with Crippen molar-refractivity contribution in [3.63, 3.8) is 0 Å². The van der Waals surface area contributed by atoms with Crippen LogP contribution in [0.5, 0.6) is 0 Å². The van der Waals surface area contributed by atoms with E-state index in [-0.39, 0.29) is 17.6 Å². The third kappa shape index (κ3) is 4.37. The van der Waals surface area contributed by atoms with E-state index in [0.717, 1.165) is 19.0 Å². The maximum absolute atomic E-state index is 13.0. The van der Waals surface area contributed by atoms with Gasteiger partial charge in [-0.1, -0.05) is 19.8 Å². The van der Waals surface area contributed by atoms with Gasteiger partial charge in [0.2, 0.25) is 0 Å². The number of hydrogen-bond acceptors (Lipinski definition) is 2. The molecule has 0 radical (unpaired) electrons. The van der Waals surface area contributed by atoms with Gasteiger partial charge in [0.25, 0.3) is 0 Å². The van der Waals surface area contributed by atoms with E-state index < -0.39 is 0 Å². The van der Waals surface area contributed by atoms with Crippen molar-refractivity contribution in [3.8, 4) is 0 Å². The van der Waals surface area contributed by atoms with E-state index in [9.17, 15) is 9.18 Å². The van der Waals surface area contributed by atoms with Crippen molar-refractivity contribution in [1.82, 2.24) is 4.90 Å². The second-order valence-electron chi connectivity index (χ2n) is 6.17. The maximum atomic E-state index is 13.0. The molecule has 0 spiro atoms. The first kappa shape index (κ1) is 16.2. The Morgan fingerprint density at radius 2 is 2.00 bits per heavy atom. The lowest BCUT2D eigenvalue weighted by Gasteiger charge is -2.26. The fraction of sp³-hybridized carbons (Fsp3) is 0.611. The lowest BCUT2D eigenvalue weighted by atomic mass is 9.96. The van der Waals surface area contributed by atoms with Crippen molar-refractivity contribution < 1.29 is 9.18 Å². The number of carbonyl (C=O) groups excluding carboxylic acids is 1. The highest BCUT2D eigenvalue weighted by Gasteiger charge is 2.25. The smallest absolute Gasteiger partial charge is 0.179 e. The second kappa shape index (κ2) is 7.69. The first-order valence-corrected chi connectivity index (χ1v) is 8.15. The Morgan fingerprint density at radius 3 is 2.67 bits per heavy atom. The van der Waals surface area contributed by atoms with Crippen LogP contribution in [0.3, 0.4) is 0 Å². The van der Waals surface area contributed by atoms with Gasteiger partial charge in [0.05, 0.1) is 6.04 Å². The zero-order valence-electron chi connectivity index (χ0n) is 13.1. The van der Waals surface area contributed by atoms with E-state index in [1.165, 1.54) is 44.2 Å². The molecule has 2 unspecified atom stereocenters. The average molecular weight is 291 g/mol. The summed E-state index contributed by atoms with van der Waals surface area (Å²) in [5.74, 6) is 0.619. The van der Waals surface area contributed by atoms with E-state index in [0.29, 0.717) is 5.56 Å². The molecule has 1 aromatic carbocycles. The number of benzene rings is 1. The van der Waals surface area contributed by atoms with Crippen molar-refractivity contribution in [2.75, 3.05) is 13.1 Å². The van der Waals surface area contributed by atoms with Gasteiger partial charge in [-0.05, 0) is 69.5 Å². The topological polar surface area (TPSA) is 20.3 Å². The largest absolute Gasteiger partial charge is 0.293 e. The van der Waals surface area contributed by atoms with Crippen LogP contribution in [-0.4, -0.2) is 29.8 Å². The lowest BCUT2D eigenvalue weighted by Crippen LogP contribution is -2.39. The minimum Gasteiger partial charge on any atom is -0.293 e. The Labute approximate surface area is 127 Å². The molecule has 0 aliphatic carbocycles. The molecule has 1 saturated heterocycles. The Bertz CT molecular complexity index is 457. The standard InChI is InChI=1S/C18H26FNO/c1-3-5-15-6-4-12-20(13-11-15)14(2)18(21)16-7-9-17(19)10-8-16/h7-10,14-15H,3-6,11-13H2,1-2H3. The third-order valence-corrected chi connectivity index (χ3v) is 4.64. The van der Waals surface area contributed by atoms with Crippen LogP contribution >= 0.6 is 0 Å². The summed E-state index contributed by atoms with van der Waals surface area (Å²) >= 11 is 0. The van der Waals surface area contributed by atoms with E-state index in [2.05, 4.69) is 11.8 Å². The number of ketones is 1. The van der Waals surface area contributed by atoms with Crippen molar-refractivity contribution in [2.24, 2.45) is 5.92 Å². The van der Waals surface area contributed by atoms with Gasteiger partial charge in [0.1, 0.15) is 5.82 Å². The Balaban J connectivity index is 1.97. The van der Waals surface area contributed by atoms with Crippen molar-refractivity contribution in [2.45, 2.75) is 52.0 Å². The summed E-state index contributed by atoms with van der Waals surface area (Å²) in [4.78, 5) is 14.8. The predicted molar refractivity (Wildman–Crippen MR) is 84.0 cm³/mol. The highest BCUT2D eigenvalue weighted by molar-refractivity contribution is 5.99. The summed E-state index contributed by atoms with van der Waals surface area (Å²) in [5, 5.41) is 0. The van der Waals surface area contributed by atoms with Gasteiger partial charge >= 0.3 is 0 Å². The summed E-state index contributed by atoms with van der Waals surface area (Å²) in [5.41, 5.74) is 0.609. The number of hydrogen-bond donors (Lipinski definition) is 0. The number of nitrogens with zero attached hydrogens (tertiary/aromatic N) is 1. The Kier molecular flexibility index (Phi) is 5.92. The van der Waals surface area contributed by atoms with Crippen molar-refractivity contribution in [3.05, 3.63) is 35.6 Å². The van der Waals surface area contributed by atoms with Crippen LogP contribution in [0.1, 0.15) is 56.3 Å². The molecule has 116 valence electrons. The molecule has 0 saturated carbocycles. The lowest BCUT2D eigenvalue weighted by molar-refractivity contribution is 0.0841. The van der Waals surface area contributed by atoms with Crippen molar-refractivity contribution in [1.29, 1.82) is 0 Å². The minimum atomic E-state index is -0.295. The van der Waals surface area contributed by atoms with Crippen molar-refractivity contribution >= 4 is 5.78 Å². The van der Waals surface area contributed by atoms with E-state index in [4.69, 9.17) is 0 Å². The Hall–Kier alpha value is -1.22. The molecule has 2 atom stereocenters. The third-order valence-electron chi connectivity index (χ3n) is 4.64. The monoisotopic (exact) mass is 291 g/mol. The van der Waals surface area contributed by atoms with Crippen LogP contribution in [0.25, 0.3) is 0 Å². The molecule has 3 heteroatoms. The van der Waals surface area contributed by atoms with Gasteiger partial charge < -0.3 is 0 Å². The van der Waals surface area contributed by atoms with Gasteiger partial charge in [-0.3, -0.25) is 9.69 Å². The van der Waals surface area contributed by atoms with Crippen LogP contribution in [0, 0.1) is 11.7 Å².